The maximum atomic E-state index is 12.7. The summed E-state index contributed by atoms with van der Waals surface area (Å²) in [5.74, 6) is -0.381. The number of carbonyl (C=O) groups is 1. The van der Waals surface area contributed by atoms with Crippen molar-refractivity contribution in [1.82, 2.24) is 5.32 Å². The molecule has 1 aliphatic heterocycles. The minimum atomic E-state index is -0.805. The molecule has 1 aliphatic rings. The van der Waals surface area contributed by atoms with Gasteiger partial charge < -0.3 is 15.8 Å². The van der Waals surface area contributed by atoms with Crippen molar-refractivity contribution in [2.45, 2.75) is 24.8 Å². The number of hydrogen-bond acceptors (Lipinski definition) is 3. The molecule has 1 aromatic rings. The molecule has 1 saturated heterocycles. The first-order valence-corrected chi connectivity index (χ1v) is 6.49. The van der Waals surface area contributed by atoms with Crippen LogP contribution in [0.2, 0.25) is 0 Å². The fraction of sp³-hybridized carbons (Fsp3) is 0.500. The third-order valence-corrected chi connectivity index (χ3v) is 3.45. The van der Waals surface area contributed by atoms with Crippen LogP contribution in [-0.4, -0.2) is 31.2 Å². The molecule has 0 atom stereocenters. The Bertz CT molecular complexity index is 433. The fourth-order valence-electron chi connectivity index (χ4n) is 2.11. The highest BCUT2D eigenvalue weighted by molar-refractivity contribution is 5.86. The fourth-order valence-corrected chi connectivity index (χ4v) is 2.11. The Balaban J connectivity index is 0.00000200. The van der Waals surface area contributed by atoms with E-state index < -0.39 is 5.54 Å². The van der Waals surface area contributed by atoms with Crippen molar-refractivity contribution in [3.63, 3.8) is 0 Å². The molecule has 1 fully saturated rings. The lowest BCUT2D eigenvalue weighted by atomic mass is 9.90. The van der Waals surface area contributed by atoms with Crippen LogP contribution < -0.4 is 11.1 Å². The van der Waals surface area contributed by atoms with Gasteiger partial charge in [-0.1, -0.05) is 12.1 Å². The van der Waals surface area contributed by atoms with E-state index in [4.69, 9.17) is 10.5 Å². The molecule has 0 aliphatic carbocycles. The van der Waals surface area contributed by atoms with E-state index >= 15 is 0 Å². The molecule has 1 heterocycles. The van der Waals surface area contributed by atoms with Crippen molar-refractivity contribution in [2.24, 2.45) is 5.73 Å². The van der Waals surface area contributed by atoms with Gasteiger partial charge >= 0.3 is 0 Å². The quantitative estimate of drug-likeness (QED) is 0.884. The molecule has 0 saturated carbocycles. The number of nitrogens with one attached hydrogen (secondary N) is 1. The van der Waals surface area contributed by atoms with Crippen molar-refractivity contribution >= 4 is 18.3 Å². The van der Waals surface area contributed by atoms with Gasteiger partial charge in [-0.2, -0.15) is 0 Å². The van der Waals surface area contributed by atoms with E-state index in [0.717, 1.165) is 5.56 Å². The van der Waals surface area contributed by atoms with Gasteiger partial charge in [0, 0.05) is 19.8 Å². The standard InChI is InChI=1S/C14H19FN2O2.ClH/c15-12-3-1-11(2-4-12)5-8-17-13(18)14(16)6-9-19-10-7-14;/h1-4H,5-10,16H2,(H,17,18);1H. The maximum Gasteiger partial charge on any atom is 0.240 e. The zero-order valence-electron chi connectivity index (χ0n) is 11.2. The topological polar surface area (TPSA) is 64.4 Å². The monoisotopic (exact) mass is 302 g/mol. The summed E-state index contributed by atoms with van der Waals surface area (Å²) in [6.07, 6.45) is 1.77. The Morgan fingerprint density at radius 1 is 1.30 bits per heavy atom. The highest BCUT2D eigenvalue weighted by Crippen LogP contribution is 2.17. The molecule has 0 unspecified atom stereocenters. The lowest BCUT2D eigenvalue weighted by Crippen LogP contribution is -2.57. The van der Waals surface area contributed by atoms with Crippen LogP contribution in [0.25, 0.3) is 0 Å². The second-order valence-corrected chi connectivity index (χ2v) is 4.90. The first-order valence-electron chi connectivity index (χ1n) is 6.49. The van der Waals surface area contributed by atoms with Gasteiger partial charge in [0.2, 0.25) is 5.91 Å². The summed E-state index contributed by atoms with van der Waals surface area (Å²) in [7, 11) is 0. The highest BCUT2D eigenvalue weighted by Gasteiger charge is 2.35. The van der Waals surface area contributed by atoms with E-state index in [1.54, 1.807) is 12.1 Å². The maximum absolute atomic E-state index is 12.7. The molecule has 0 spiro atoms. The van der Waals surface area contributed by atoms with E-state index in [-0.39, 0.29) is 24.1 Å². The molecule has 2 rings (SSSR count). The normalized spacial score (nSPS) is 17.1. The first-order chi connectivity index (χ1) is 9.10. The minimum absolute atomic E-state index is 0. The van der Waals surface area contributed by atoms with E-state index in [1.165, 1.54) is 12.1 Å². The van der Waals surface area contributed by atoms with Crippen LogP contribution in [0.1, 0.15) is 18.4 Å². The number of rotatable bonds is 4. The van der Waals surface area contributed by atoms with Crippen molar-refractivity contribution in [3.05, 3.63) is 35.6 Å². The van der Waals surface area contributed by atoms with E-state index in [0.29, 0.717) is 39.0 Å². The molecular formula is C14H20ClFN2O2. The smallest absolute Gasteiger partial charge is 0.240 e. The highest BCUT2D eigenvalue weighted by atomic mass is 35.5. The van der Waals surface area contributed by atoms with Crippen LogP contribution in [0, 0.1) is 5.82 Å². The van der Waals surface area contributed by atoms with Crippen LogP contribution in [0.4, 0.5) is 4.39 Å². The average molecular weight is 303 g/mol. The van der Waals surface area contributed by atoms with Crippen molar-refractivity contribution in [3.8, 4) is 0 Å². The van der Waals surface area contributed by atoms with E-state index in [1.807, 2.05) is 0 Å². The summed E-state index contributed by atoms with van der Waals surface area (Å²) in [6.45, 7) is 1.56. The zero-order chi connectivity index (χ0) is 13.7. The van der Waals surface area contributed by atoms with Crippen molar-refractivity contribution in [2.75, 3.05) is 19.8 Å². The number of hydrogen-bond donors (Lipinski definition) is 2. The Labute approximate surface area is 124 Å². The molecule has 20 heavy (non-hydrogen) atoms. The van der Waals surface area contributed by atoms with Crippen LogP contribution in [0.15, 0.2) is 24.3 Å². The van der Waals surface area contributed by atoms with Gasteiger partial charge in [-0.25, -0.2) is 4.39 Å². The van der Waals surface area contributed by atoms with Crippen molar-refractivity contribution < 1.29 is 13.9 Å². The van der Waals surface area contributed by atoms with Crippen molar-refractivity contribution in [1.29, 1.82) is 0 Å². The molecule has 0 aromatic heterocycles. The molecule has 6 heteroatoms. The Hall–Kier alpha value is -1.17. The number of nitrogens with two attached hydrogens (primary N) is 1. The average Bonchev–Trinajstić information content (AvgIpc) is 2.42. The van der Waals surface area contributed by atoms with E-state index in [9.17, 15) is 9.18 Å². The van der Waals surface area contributed by atoms with Gasteiger partial charge in [0.1, 0.15) is 5.82 Å². The molecule has 1 amide bonds. The summed E-state index contributed by atoms with van der Waals surface area (Å²) in [4.78, 5) is 12.0. The zero-order valence-corrected chi connectivity index (χ0v) is 12.0. The van der Waals surface area contributed by atoms with Gasteiger partial charge in [0.05, 0.1) is 5.54 Å². The van der Waals surface area contributed by atoms with Gasteiger partial charge in [-0.3, -0.25) is 4.79 Å². The number of halogens is 2. The van der Waals surface area contributed by atoms with E-state index in [2.05, 4.69) is 5.32 Å². The predicted molar refractivity (Wildman–Crippen MR) is 77.3 cm³/mol. The lowest BCUT2D eigenvalue weighted by molar-refractivity contribution is -0.129. The molecule has 0 bridgehead atoms. The van der Waals surface area contributed by atoms with Crippen LogP contribution in [0.3, 0.4) is 0 Å². The summed E-state index contributed by atoms with van der Waals surface area (Å²) >= 11 is 0. The molecule has 1 aromatic carbocycles. The lowest BCUT2D eigenvalue weighted by Gasteiger charge is -2.31. The van der Waals surface area contributed by atoms with Gasteiger partial charge in [-0.15, -0.1) is 12.4 Å². The molecule has 0 radical (unpaired) electrons. The molecular weight excluding hydrogens is 283 g/mol. The SMILES string of the molecule is Cl.NC1(C(=O)NCCc2ccc(F)cc2)CCOCC1. The Kier molecular flexibility index (Phi) is 6.39. The molecule has 4 nitrogen and oxygen atoms in total. The summed E-state index contributed by atoms with van der Waals surface area (Å²) in [5.41, 5.74) is 6.24. The third-order valence-electron chi connectivity index (χ3n) is 3.45. The Morgan fingerprint density at radius 3 is 2.50 bits per heavy atom. The predicted octanol–water partition coefficient (Wildman–Crippen LogP) is 1.41. The first kappa shape index (κ1) is 16.9. The second kappa shape index (κ2) is 7.57. The van der Waals surface area contributed by atoms with Gasteiger partial charge in [0.25, 0.3) is 0 Å². The minimum Gasteiger partial charge on any atom is -0.381 e. The summed E-state index contributed by atoms with van der Waals surface area (Å²) in [6, 6.07) is 6.27. The number of carbonyl (C=O) groups excluding carboxylic acids is 1. The number of amides is 1. The van der Waals surface area contributed by atoms with Crippen LogP contribution in [-0.2, 0) is 16.0 Å². The van der Waals surface area contributed by atoms with Crippen LogP contribution in [0.5, 0.6) is 0 Å². The third kappa shape index (κ3) is 4.44. The second-order valence-electron chi connectivity index (χ2n) is 4.90. The summed E-state index contributed by atoms with van der Waals surface area (Å²) < 4.78 is 17.9. The molecule has 112 valence electrons. The Morgan fingerprint density at radius 2 is 1.90 bits per heavy atom. The van der Waals surface area contributed by atoms with Gasteiger partial charge in [0.15, 0.2) is 0 Å². The van der Waals surface area contributed by atoms with Gasteiger partial charge in [-0.05, 0) is 37.0 Å². The number of benzene rings is 1. The van der Waals surface area contributed by atoms with Crippen LogP contribution >= 0.6 is 12.4 Å². The molecule has 3 N–H and O–H groups in total. The number of ether oxygens (including phenoxy) is 1. The largest absolute Gasteiger partial charge is 0.381 e. The summed E-state index contributed by atoms with van der Waals surface area (Å²) in [5, 5.41) is 2.84.